The van der Waals surface area contributed by atoms with Crippen molar-refractivity contribution < 1.29 is 9.53 Å². The normalized spacial score (nSPS) is 19.8. The van der Waals surface area contributed by atoms with Gasteiger partial charge in [0, 0.05) is 19.1 Å². The lowest BCUT2D eigenvalue weighted by molar-refractivity contribution is -0.146. The van der Waals surface area contributed by atoms with Gasteiger partial charge in [-0.3, -0.25) is 9.69 Å². The van der Waals surface area contributed by atoms with Crippen molar-refractivity contribution in [3.8, 4) is 0 Å². The van der Waals surface area contributed by atoms with Gasteiger partial charge in [-0.1, -0.05) is 30.3 Å². The third kappa shape index (κ3) is 3.78. The first-order valence-electron chi connectivity index (χ1n) is 6.80. The minimum absolute atomic E-state index is 0.171. The second-order valence-corrected chi connectivity index (χ2v) is 5.05. The molecular formula is C15H22N2O2. The van der Waals surface area contributed by atoms with Gasteiger partial charge in [0.1, 0.15) is 6.04 Å². The molecule has 1 N–H and O–H groups in total. The van der Waals surface area contributed by atoms with Crippen molar-refractivity contribution in [3.05, 3.63) is 35.9 Å². The average molecular weight is 262 g/mol. The molecule has 0 saturated carbocycles. The number of rotatable bonds is 6. The van der Waals surface area contributed by atoms with Crippen LogP contribution in [-0.4, -0.2) is 43.2 Å². The fourth-order valence-electron chi connectivity index (χ4n) is 2.28. The second-order valence-electron chi connectivity index (χ2n) is 5.05. The molecule has 104 valence electrons. The first kappa shape index (κ1) is 14.0. The highest BCUT2D eigenvalue weighted by Crippen LogP contribution is 2.13. The van der Waals surface area contributed by atoms with Crippen LogP contribution in [0.4, 0.5) is 0 Å². The Balaban J connectivity index is 2.02. The molecule has 0 spiro atoms. The zero-order valence-electron chi connectivity index (χ0n) is 11.6. The molecule has 4 nitrogen and oxygen atoms in total. The zero-order chi connectivity index (χ0) is 13.7. The highest BCUT2D eigenvalue weighted by Gasteiger charge is 2.27. The summed E-state index contributed by atoms with van der Waals surface area (Å²) in [6, 6.07) is 10.5. The Morgan fingerprint density at radius 2 is 2.16 bits per heavy atom. The Morgan fingerprint density at radius 3 is 2.68 bits per heavy atom. The quantitative estimate of drug-likeness (QED) is 0.787. The van der Waals surface area contributed by atoms with Crippen molar-refractivity contribution in [2.24, 2.45) is 0 Å². The van der Waals surface area contributed by atoms with Crippen LogP contribution in [0.2, 0.25) is 0 Å². The van der Waals surface area contributed by atoms with Gasteiger partial charge in [0.15, 0.2) is 0 Å². The molecule has 2 atom stereocenters. The molecule has 1 aromatic carbocycles. The van der Waals surface area contributed by atoms with E-state index in [9.17, 15) is 4.79 Å². The Bertz CT molecular complexity index is 404. The number of hydrogen-bond acceptors (Lipinski definition) is 4. The molecule has 1 unspecified atom stereocenters. The van der Waals surface area contributed by atoms with Crippen LogP contribution in [-0.2, 0) is 16.1 Å². The standard InChI is InChI=1S/C15H22N2O2/c1-12(15(18)19-2)17(11-14-8-9-16-14)10-13-6-4-3-5-7-13/h3-7,12,14,16H,8-11H2,1-2H3/t12-,14?/m0/s1. The molecule has 0 aliphatic carbocycles. The van der Waals surface area contributed by atoms with E-state index >= 15 is 0 Å². The maximum Gasteiger partial charge on any atom is 0.322 e. The van der Waals surface area contributed by atoms with Crippen LogP contribution in [0.3, 0.4) is 0 Å². The molecule has 0 radical (unpaired) electrons. The van der Waals surface area contributed by atoms with Crippen molar-refractivity contribution in [1.29, 1.82) is 0 Å². The molecule has 1 fully saturated rings. The van der Waals surface area contributed by atoms with E-state index in [1.165, 1.54) is 19.1 Å². The van der Waals surface area contributed by atoms with Gasteiger partial charge in [-0.15, -0.1) is 0 Å². The molecule has 1 saturated heterocycles. The molecule has 1 heterocycles. The van der Waals surface area contributed by atoms with E-state index in [1.54, 1.807) is 0 Å². The van der Waals surface area contributed by atoms with Crippen molar-refractivity contribution in [1.82, 2.24) is 10.2 Å². The van der Waals surface area contributed by atoms with Gasteiger partial charge in [0.25, 0.3) is 0 Å². The van der Waals surface area contributed by atoms with Gasteiger partial charge in [-0.05, 0) is 25.5 Å². The first-order valence-corrected chi connectivity index (χ1v) is 6.80. The number of carbonyl (C=O) groups is 1. The second kappa shape index (κ2) is 6.68. The highest BCUT2D eigenvalue weighted by atomic mass is 16.5. The topological polar surface area (TPSA) is 41.6 Å². The molecule has 0 amide bonds. The Labute approximate surface area is 114 Å². The maximum absolute atomic E-state index is 11.7. The van der Waals surface area contributed by atoms with Gasteiger partial charge in [-0.2, -0.15) is 0 Å². The van der Waals surface area contributed by atoms with Crippen molar-refractivity contribution in [2.45, 2.75) is 32.0 Å². The number of methoxy groups -OCH3 is 1. The van der Waals surface area contributed by atoms with E-state index in [2.05, 4.69) is 22.3 Å². The number of esters is 1. The van der Waals surface area contributed by atoms with Gasteiger partial charge in [-0.25, -0.2) is 0 Å². The van der Waals surface area contributed by atoms with Crippen LogP contribution in [0.15, 0.2) is 30.3 Å². The third-order valence-electron chi connectivity index (χ3n) is 3.70. The predicted octanol–water partition coefficient (Wildman–Crippen LogP) is 1.41. The predicted molar refractivity (Wildman–Crippen MR) is 74.7 cm³/mol. The summed E-state index contributed by atoms with van der Waals surface area (Å²) in [5.74, 6) is -0.171. The van der Waals surface area contributed by atoms with E-state index in [1.807, 2.05) is 25.1 Å². The summed E-state index contributed by atoms with van der Waals surface area (Å²) < 4.78 is 4.86. The fraction of sp³-hybridized carbons (Fsp3) is 0.533. The number of benzene rings is 1. The summed E-state index contributed by atoms with van der Waals surface area (Å²) >= 11 is 0. The van der Waals surface area contributed by atoms with Crippen molar-refractivity contribution >= 4 is 5.97 Å². The fourth-order valence-corrected chi connectivity index (χ4v) is 2.28. The molecule has 2 rings (SSSR count). The summed E-state index contributed by atoms with van der Waals surface area (Å²) in [5.41, 5.74) is 1.22. The van der Waals surface area contributed by atoms with Crippen LogP contribution < -0.4 is 5.32 Å². The molecular weight excluding hydrogens is 240 g/mol. The number of carbonyl (C=O) groups excluding carboxylic acids is 1. The summed E-state index contributed by atoms with van der Waals surface area (Å²) in [4.78, 5) is 13.9. The average Bonchev–Trinajstić information content (AvgIpc) is 2.40. The Hall–Kier alpha value is -1.39. The van der Waals surface area contributed by atoms with Crippen LogP contribution in [0.25, 0.3) is 0 Å². The molecule has 1 aliphatic heterocycles. The summed E-state index contributed by atoms with van der Waals surface area (Å²) in [6.07, 6.45) is 1.18. The smallest absolute Gasteiger partial charge is 0.322 e. The lowest BCUT2D eigenvalue weighted by Crippen LogP contribution is -2.53. The minimum atomic E-state index is -0.215. The summed E-state index contributed by atoms with van der Waals surface area (Å²) in [6.45, 7) is 4.64. The van der Waals surface area contributed by atoms with E-state index in [0.717, 1.165) is 19.6 Å². The number of nitrogens with zero attached hydrogens (tertiary/aromatic N) is 1. The van der Waals surface area contributed by atoms with Crippen molar-refractivity contribution in [3.63, 3.8) is 0 Å². The van der Waals surface area contributed by atoms with Crippen LogP contribution in [0.1, 0.15) is 18.9 Å². The monoisotopic (exact) mass is 262 g/mol. The molecule has 4 heteroatoms. The summed E-state index contributed by atoms with van der Waals surface area (Å²) in [7, 11) is 1.45. The van der Waals surface area contributed by atoms with E-state index in [0.29, 0.717) is 6.04 Å². The number of hydrogen-bond donors (Lipinski definition) is 1. The lowest BCUT2D eigenvalue weighted by Gasteiger charge is -2.35. The zero-order valence-corrected chi connectivity index (χ0v) is 11.6. The van der Waals surface area contributed by atoms with E-state index in [4.69, 9.17) is 4.74 Å². The van der Waals surface area contributed by atoms with Gasteiger partial charge in [0.05, 0.1) is 7.11 Å². The molecule has 1 aromatic rings. The van der Waals surface area contributed by atoms with E-state index < -0.39 is 0 Å². The minimum Gasteiger partial charge on any atom is -0.468 e. The van der Waals surface area contributed by atoms with Gasteiger partial charge >= 0.3 is 5.97 Å². The molecule has 19 heavy (non-hydrogen) atoms. The van der Waals surface area contributed by atoms with Crippen LogP contribution >= 0.6 is 0 Å². The van der Waals surface area contributed by atoms with Crippen molar-refractivity contribution in [2.75, 3.05) is 20.2 Å². The largest absolute Gasteiger partial charge is 0.468 e. The highest BCUT2D eigenvalue weighted by molar-refractivity contribution is 5.75. The van der Waals surface area contributed by atoms with Gasteiger partial charge < -0.3 is 10.1 Å². The Morgan fingerprint density at radius 1 is 1.47 bits per heavy atom. The molecule has 0 bridgehead atoms. The van der Waals surface area contributed by atoms with Crippen LogP contribution in [0.5, 0.6) is 0 Å². The SMILES string of the molecule is COC(=O)[C@H](C)N(Cc1ccccc1)CC1CCN1. The lowest BCUT2D eigenvalue weighted by atomic mass is 10.1. The molecule has 1 aliphatic rings. The third-order valence-corrected chi connectivity index (χ3v) is 3.70. The number of ether oxygens (including phenoxy) is 1. The summed E-state index contributed by atoms with van der Waals surface area (Å²) in [5, 5.41) is 3.38. The Kier molecular flexibility index (Phi) is 4.93. The van der Waals surface area contributed by atoms with E-state index in [-0.39, 0.29) is 12.0 Å². The maximum atomic E-state index is 11.7. The first-order chi connectivity index (χ1) is 9.20. The van der Waals surface area contributed by atoms with Crippen LogP contribution in [0, 0.1) is 0 Å². The molecule has 0 aromatic heterocycles. The number of nitrogens with one attached hydrogen (secondary N) is 1. The van der Waals surface area contributed by atoms with Gasteiger partial charge in [0.2, 0.25) is 0 Å².